The van der Waals surface area contributed by atoms with Crippen molar-refractivity contribution in [2.24, 2.45) is 5.73 Å². The number of rotatable bonds is 2. The lowest BCUT2D eigenvalue weighted by molar-refractivity contribution is 0.194. The van der Waals surface area contributed by atoms with Gasteiger partial charge in [0.2, 0.25) is 0 Å². The van der Waals surface area contributed by atoms with Gasteiger partial charge in [0.1, 0.15) is 0 Å². The van der Waals surface area contributed by atoms with E-state index in [1.165, 1.54) is 22.0 Å². The summed E-state index contributed by atoms with van der Waals surface area (Å²) in [7, 11) is 0. The number of hydrogen-bond acceptors (Lipinski definition) is 2. The first-order chi connectivity index (χ1) is 8.19. The van der Waals surface area contributed by atoms with Gasteiger partial charge < -0.3 is 10.5 Å². The van der Waals surface area contributed by atoms with Crippen LogP contribution >= 0.6 is 15.9 Å². The van der Waals surface area contributed by atoms with Gasteiger partial charge in [0.05, 0.1) is 6.61 Å². The van der Waals surface area contributed by atoms with Gasteiger partial charge in [0, 0.05) is 22.5 Å². The molecule has 92 valence electrons. The SMILES string of the molecule is NC1(c2ccc(C3CCOC3)c(Br)c2)CCC1. The van der Waals surface area contributed by atoms with Crippen molar-refractivity contribution in [2.45, 2.75) is 37.1 Å². The fourth-order valence-corrected chi connectivity index (χ4v) is 3.50. The first-order valence-electron chi connectivity index (χ1n) is 6.36. The molecule has 17 heavy (non-hydrogen) atoms. The maximum Gasteiger partial charge on any atom is 0.0535 e. The third-order valence-electron chi connectivity index (χ3n) is 4.19. The monoisotopic (exact) mass is 295 g/mol. The van der Waals surface area contributed by atoms with Crippen molar-refractivity contribution >= 4 is 15.9 Å². The molecule has 3 rings (SSSR count). The van der Waals surface area contributed by atoms with Crippen LogP contribution in [0.3, 0.4) is 0 Å². The molecule has 2 nitrogen and oxygen atoms in total. The molecule has 0 aromatic heterocycles. The highest BCUT2D eigenvalue weighted by Crippen LogP contribution is 2.41. The average molecular weight is 296 g/mol. The Bertz CT molecular complexity index is 422. The van der Waals surface area contributed by atoms with Crippen molar-refractivity contribution in [3.05, 3.63) is 33.8 Å². The number of benzene rings is 1. The maximum absolute atomic E-state index is 6.35. The Morgan fingerprint density at radius 3 is 2.71 bits per heavy atom. The average Bonchev–Trinajstić information content (AvgIpc) is 2.79. The molecule has 1 aromatic rings. The summed E-state index contributed by atoms with van der Waals surface area (Å²) >= 11 is 3.69. The number of hydrogen-bond donors (Lipinski definition) is 1. The zero-order valence-corrected chi connectivity index (χ0v) is 11.5. The number of nitrogens with two attached hydrogens (primary N) is 1. The molecule has 0 spiro atoms. The zero-order valence-electron chi connectivity index (χ0n) is 9.92. The zero-order chi connectivity index (χ0) is 11.9. The van der Waals surface area contributed by atoms with Gasteiger partial charge in [-0.2, -0.15) is 0 Å². The molecule has 3 heteroatoms. The summed E-state index contributed by atoms with van der Waals surface area (Å²) in [4.78, 5) is 0. The molecular weight excluding hydrogens is 278 g/mol. The number of halogens is 1. The molecule has 0 radical (unpaired) electrons. The van der Waals surface area contributed by atoms with Crippen molar-refractivity contribution in [1.82, 2.24) is 0 Å². The van der Waals surface area contributed by atoms with Gasteiger partial charge in [-0.3, -0.25) is 0 Å². The molecular formula is C14H18BrNO. The van der Waals surface area contributed by atoms with Crippen molar-refractivity contribution in [3.8, 4) is 0 Å². The van der Waals surface area contributed by atoms with Crippen molar-refractivity contribution in [1.29, 1.82) is 0 Å². The Morgan fingerprint density at radius 1 is 1.35 bits per heavy atom. The summed E-state index contributed by atoms with van der Waals surface area (Å²) in [5.74, 6) is 0.550. The van der Waals surface area contributed by atoms with Crippen LogP contribution in [0.5, 0.6) is 0 Å². The van der Waals surface area contributed by atoms with E-state index in [1.807, 2.05) is 0 Å². The van der Waals surface area contributed by atoms with Crippen LogP contribution in [0.15, 0.2) is 22.7 Å². The largest absolute Gasteiger partial charge is 0.381 e. The van der Waals surface area contributed by atoms with E-state index in [9.17, 15) is 0 Å². The van der Waals surface area contributed by atoms with Crippen LogP contribution in [0.25, 0.3) is 0 Å². The Hall–Kier alpha value is -0.380. The Balaban J connectivity index is 1.88. The number of ether oxygens (including phenoxy) is 1. The van der Waals surface area contributed by atoms with E-state index in [-0.39, 0.29) is 5.54 Å². The van der Waals surface area contributed by atoms with Crippen LogP contribution in [0.1, 0.15) is 42.7 Å². The van der Waals surface area contributed by atoms with E-state index in [0.29, 0.717) is 5.92 Å². The lowest BCUT2D eigenvalue weighted by Gasteiger charge is -2.39. The molecule has 2 N–H and O–H groups in total. The van der Waals surface area contributed by atoms with E-state index in [0.717, 1.165) is 32.5 Å². The second-order valence-corrected chi connectivity index (χ2v) is 6.16. The molecule has 1 saturated carbocycles. The summed E-state index contributed by atoms with van der Waals surface area (Å²) in [6.07, 6.45) is 4.62. The van der Waals surface area contributed by atoms with Crippen LogP contribution in [-0.4, -0.2) is 13.2 Å². The van der Waals surface area contributed by atoms with E-state index >= 15 is 0 Å². The van der Waals surface area contributed by atoms with Crippen molar-refractivity contribution in [3.63, 3.8) is 0 Å². The second kappa shape index (κ2) is 4.38. The van der Waals surface area contributed by atoms with Gasteiger partial charge in [-0.05, 0) is 42.9 Å². The predicted molar refractivity (Wildman–Crippen MR) is 72.0 cm³/mol. The summed E-state index contributed by atoms with van der Waals surface area (Å²) in [5.41, 5.74) is 8.93. The van der Waals surface area contributed by atoms with Crippen LogP contribution in [-0.2, 0) is 10.3 Å². The first kappa shape index (κ1) is 11.7. The molecule has 1 heterocycles. The molecule has 1 unspecified atom stereocenters. The summed E-state index contributed by atoms with van der Waals surface area (Å²) in [5, 5.41) is 0. The highest BCUT2D eigenvalue weighted by Gasteiger charge is 2.34. The Labute approximate surface area is 111 Å². The summed E-state index contributed by atoms with van der Waals surface area (Å²) in [6.45, 7) is 1.74. The van der Waals surface area contributed by atoms with Gasteiger partial charge >= 0.3 is 0 Å². The van der Waals surface area contributed by atoms with Gasteiger partial charge in [-0.25, -0.2) is 0 Å². The third kappa shape index (κ3) is 2.05. The van der Waals surface area contributed by atoms with Crippen molar-refractivity contribution < 1.29 is 4.74 Å². The molecule has 0 amide bonds. The minimum atomic E-state index is -0.0623. The fourth-order valence-electron chi connectivity index (χ4n) is 2.79. The predicted octanol–water partition coefficient (Wildman–Crippen LogP) is 3.29. The second-order valence-electron chi connectivity index (χ2n) is 5.31. The molecule has 0 bridgehead atoms. The van der Waals surface area contributed by atoms with Crippen molar-refractivity contribution in [2.75, 3.05) is 13.2 Å². The third-order valence-corrected chi connectivity index (χ3v) is 4.88. The van der Waals surface area contributed by atoms with Gasteiger partial charge in [0.15, 0.2) is 0 Å². The lowest BCUT2D eigenvalue weighted by atomic mass is 9.72. The van der Waals surface area contributed by atoms with Gasteiger partial charge in [-0.1, -0.05) is 28.1 Å². The standard InChI is InChI=1S/C14H18BrNO/c15-13-8-11(14(16)5-1-6-14)2-3-12(13)10-4-7-17-9-10/h2-3,8,10H,1,4-7,9,16H2. The molecule has 1 aliphatic heterocycles. The maximum atomic E-state index is 6.35. The van der Waals surface area contributed by atoms with Crippen LogP contribution in [0, 0.1) is 0 Å². The Kier molecular flexibility index (Phi) is 3.01. The van der Waals surface area contributed by atoms with Gasteiger partial charge in [-0.15, -0.1) is 0 Å². The summed E-state index contributed by atoms with van der Waals surface area (Å²) in [6, 6.07) is 6.65. The minimum Gasteiger partial charge on any atom is -0.381 e. The molecule has 1 aliphatic carbocycles. The quantitative estimate of drug-likeness (QED) is 0.909. The topological polar surface area (TPSA) is 35.2 Å². The molecule has 1 saturated heterocycles. The summed E-state index contributed by atoms with van der Waals surface area (Å²) < 4.78 is 6.65. The minimum absolute atomic E-state index is 0.0623. The highest BCUT2D eigenvalue weighted by molar-refractivity contribution is 9.10. The van der Waals surface area contributed by atoms with E-state index < -0.39 is 0 Å². The van der Waals surface area contributed by atoms with Crippen LogP contribution < -0.4 is 5.73 Å². The molecule has 1 aromatic carbocycles. The Morgan fingerprint density at radius 2 is 2.18 bits per heavy atom. The van der Waals surface area contributed by atoms with Crippen LogP contribution in [0.2, 0.25) is 0 Å². The lowest BCUT2D eigenvalue weighted by Crippen LogP contribution is -2.43. The highest BCUT2D eigenvalue weighted by atomic mass is 79.9. The smallest absolute Gasteiger partial charge is 0.0535 e. The molecule has 2 aliphatic rings. The normalized spacial score (nSPS) is 26.8. The van der Waals surface area contributed by atoms with E-state index in [2.05, 4.69) is 34.1 Å². The van der Waals surface area contributed by atoms with E-state index in [1.54, 1.807) is 0 Å². The van der Waals surface area contributed by atoms with Gasteiger partial charge in [0.25, 0.3) is 0 Å². The first-order valence-corrected chi connectivity index (χ1v) is 7.15. The molecule has 2 fully saturated rings. The molecule has 1 atom stereocenters. The van der Waals surface area contributed by atoms with Crippen LogP contribution in [0.4, 0.5) is 0 Å². The fraction of sp³-hybridized carbons (Fsp3) is 0.571. The van der Waals surface area contributed by atoms with E-state index in [4.69, 9.17) is 10.5 Å².